The van der Waals surface area contributed by atoms with E-state index in [9.17, 15) is 4.79 Å². The molecule has 2 rings (SSSR count). The summed E-state index contributed by atoms with van der Waals surface area (Å²) in [5, 5.41) is 7.87. The smallest absolute Gasteiger partial charge is 0.172 e. The first kappa shape index (κ1) is 12.4. The molecule has 1 unspecified atom stereocenters. The van der Waals surface area contributed by atoms with Crippen molar-refractivity contribution in [1.29, 1.82) is 0 Å². The van der Waals surface area contributed by atoms with Gasteiger partial charge in [-0.1, -0.05) is 35.5 Å². The largest absolute Gasteiger partial charge is 0.375 e. The van der Waals surface area contributed by atoms with Crippen LogP contribution < -0.4 is 0 Å². The maximum atomic E-state index is 10.9. The first-order chi connectivity index (χ1) is 8.76. The summed E-state index contributed by atoms with van der Waals surface area (Å²) < 4.78 is 6.96. The summed E-state index contributed by atoms with van der Waals surface area (Å²) in [5.74, 6) is 0. The Morgan fingerprint density at radius 3 is 2.72 bits per heavy atom. The third-order valence-corrected chi connectivity index (χ3v) is 2.83. The number of hydrogen-bond acceptors (Lipinski definition) is 4. The quantitative estimate of drug-likeness (QED) is 0.754. The van der Waals surface area contributed by atoms with Crippen molar-refractivity contribution in [3.05, 3.63) is 47.3 Å². The molecule has 1 aromatic carbocycles. The van der Waals surface area contributed by atoms with Gasteiger partial charge in [0, 0.05) is 7.11 Å². The monoisotopic (exact) mass is 245 g/mol. The zero-order chi connectivity index (χ0) is 13.0. The molecule has 0 aliphatic carbocycles. The van der Waals surface area contributed by atoms with Gasteiger partial charge in [0.2, 0.25) is 0 Å². The van der Waals surface area contributed by atoms with Gasteiger partial charge in [-0.05, 0) is 12.5 Å². The van der Waals surface area contributed by atoms with Gasteiger partial charge in [0.15, 0.2) is 12.0 Å². The van der Waals surface area contributed by atoms with E-state index in [0.717, 1.165) is 5.56 Å². The van der Waals surface area contributed by atoms with Crippen molar-refractivity contribution < 1.29 is 9.53 Å². The highest BCUT2D eigenvalue weighted by atomic mass is 16.5. The fourth-order valence-corrected chi connectivity index (χ4v) is 1.82. The molecule has 5 heteroatoms. The normalized spacial score (nSPS) is 12.3. The van der Waals surface area contributed by atoms with Crippen molar-refractivity contribution in [2.75, 3.05) is 7.11 Å². The third-order valence-electron chi connectivity index (χ3n) is 2.83. The summed E-state index contributed by atoms with van der Waals surface area (Å²) >= 11 is 0. The van der Waals surface area contributed by atoms with E-state index in [-0.39, 0.29) is 6.10 Å². The molecule has 1 heterocycles. The Morgan fingerprint density at radius 2 is 2.11 bits per heavy atom. The molecule has 0 saturated heterocycles. The molecule has 94 valence electrons. The Bertz CT molecular complexity index is 522. The molecule has 0 fully saturated rings. The molecule has 1 aromatic heterocycles. The lowest BCUT2D eigenvalue weighted by molar-refractivity contribution is 0.105. The molecule has 18 heavy (non-hydrogen) atoms. The number of aromatic nitrogens is 3. The number of methoxy groups -OCH3 is 1. The third kappa shape index (κ3) is 2.46. The van der Waals surface area contributed by atoms with Crippen LogP contribution in [-0.2, 0) is 11.3 Å². The highest BCUT2D eigenvalue weighted by Gasteiger charge is 2.18. The number of hydrogen-bond donors (Lipinski definition) is 0. The van der Waals surface area contributed by atoms with Gasteiger partial charge in [0.25, 0.3) is 0 Å². The molecule has 1 atom stereocenters. The Morgan fingerprint density at radius 1 is 1.39 bits per heavy atom. The molecular formula is C13H15N3O2. The van der Waals surface area contributed by atoms with Crippen LogP contribution in [0.25, 0.3) is 0 Å². The Balaban J connectivity index is 2.33. The lowest BCUT2D eigenvalue weighted by Crippen LogP contribution is -2.11. The lowest BCUT2D eigenvalue weighted by Gasteiger charge is -2.12. The van der Waals surface area contributed by atoms with Crippen LogP contribution in [-0.4, -0.2) is 28.4 Å². The van der Waals surface area contributed by atoms with Crippen LogP contribution in [0.2, 0.25) is 0 Å². The van der Waals surface area contributed by atoms with E-state index in [2.05, 4.69) is 10.3 Å². The lowest BCUT2D eigenvalue weighted by atomic mass is 10.2. The number of nitrogens with zero attached hydrogens (tertiary/aromatic N) is 3. The average Bonchev–Trinajstić information content (AvgIpc) is 2.82. The van der Waals surface area contributed by atoms with E-state index in [1.165, 1.54) is 0 Å². The van der Waals surface area contributed by atoms with Crippen LogP contribution in [0.4, 0.5) is 0 Å². The number of rotatable bonds is 5. The van der Waals surface area contributed by atoms with Crippen LogP contribution in [0.1, 0.15) is 34.8 Å². The SMILES string of the molecule is COC(C)c1c(C=O)nnn1Cc1ccccc1. The molecule has 0 amide bonds. The molecule has 0 N–H and O–H groups in total. The second-order valence-electron chi connectivity index (χ2n) is 4.00. The van der Waals surface area contributed by atoms with Crippen molar-refractivity contribution in [3.8, 4) is 0 Å². The second-order valence-corrected chi connectivity index (χ2v) is 4.00. The van der Waals surface area contributed by atoms with Gasteiger partial charge in [-0.3, -0.25) is 4.79 Å². The predicted octanol–water partition coefficient (Wildman–Crippen LogP) is 1.85. The van der Waals surface area contributed by atoms with E-state index in [1.807, 2.05) is 37.3 Å². The van der Waals surface area contributed by atoms with Crippen molar-refractivity contribution >= 4 is 6.29 Å². The molecule has 0 radical (unpaired) electrons. The van der Waals surface area contributed by atoms with Gasteiger partial charge in [-0.15, -0.1) is 5.10 Å². The van der Waals surface area contributed by atoms with Crippen LogP contribution in [0.5, 0.6) is 0 Å². The van der Waals surface area contributed by atoms with Crippen molar-refractivity contribution in [1.82, 2.24) is 15.0 Å². The zero-order valence-corrected chi connectivity index (χ0v) is 10.4. The van der Waals surface area contributed by atoms with Crippen molar-refractivity contribution in [3.63, 3.8) is 0 Å². The molecular weight excluding hydrogens is 230 g/mol. The minimum Gasteiger partial charge on any atom is -0.375 e. The minimum atomic E-state index is -0.219. The highest BCUT2D eigenvalue weighted by molar-refractivity contribution is 5.73. The Kier molecular flexibility index (Phi) is 3.84. The average molecular weight is 245 g/mol. The fraction of sp³-hybridized carbons (Fsp3) is 0.308. The summed E-state index contributed by atoms with van der Waals surface area (Å²) in [6.45, 7) is 2.44. The molecule has 0 aliphatic heterocycles. The molecule has 5 nitrogen and oxygen atoms in total. The Labute approximate surface area is 105 Å². The van der Waals surface area contributed by atoms with E-state index in [1.54, 1.807) is 11.8 Å². The van der Waals surface area contributed by atoms with Crippen molar-refractivity contribution in [2.24, 2.45) is 0 Å². The van der Waals surface area contributed by atoms with Crippen LogP contribution in [0, 0.1) is 0 Å². The van der Waals surface area contributed by atoms with Gasteiger partial charge in [0.1, 0.15) is 0 Å². The number of ether oxygens (including phenoxy) is 1. The zero-order valence-electron chi connectivity index (χ0n) is 10.4. The predicted molar refractivity (Wildman–Crippen MR) is 66.4 cm³/mol. The number of carbonyl (C=O) groups is 1. The maximum Gasteiger partial charge on any atom is 0.172 e. The van der Waals surface area contributed by atoms with Gasteiger partial charge >= 0.3 is 0 Å². The standard InChI is InChI=1S/C13H15N3O2/c1-10(18-2)13-12(9-17)14-15-16(13)8-11-6-4-3-5-7-11/h3-7,9-10H,8H2,1-2H3. The first-order valence-corrected chi connectivity index (χ1v) is 5.71. The van der Waals surface area contributed by atoms with E-state index in [4.69, 9.17) is 4.74 Å². The topological polar surface area (TPSA) is 57.0 Å². The number of aldehydes is 1. The number of carbonyl (C=O) groups excluding carboxylic acids is 1. The number of benzene rings is 1. The molecule has 0 saturated carbocycles. The highest BCUT2D eigenvalue weighted by Crippen LogP contribution is 2.18. The summed E-state index contributed by atoms with van der Waals surface area (Å²) in [4.78, 5) is 10.9. The van der Waals surface area contributed by atoms with Crippen molar-refractivity contribution in [2.45, 2.75) is 19.6 Å². The molecule has 0 aliphatic rings. The van der Waals surface area contributed by atoms with Crippen LogP contribution in [0.3, 0.4) is 0 Å². The fourth-order valence-electron chi connectivity index (χ4n) is 1.82. The summed E-state index contributed by atoms with van der Waals surface area (Å²) in [6.07, 6.45) is 0.489. The Hall–Kier alpha value is -2.01. The second kappa shape index (κ2) is 5.55. The summed E-state index contributed by atoms with van der Waals surface area (Å²) in [7, 11) is 1.60. The maximum absolute atomic E-state index is 10.9. The van der Waals surface area contributed by atoms with E-state index >= 15 is 0 Å². The van der Waals surface area contributed by atoms with E-state index in [0.29, 0.717) is 24.2 Å². The van der Waals surface area contributed by atoms with E-state index < -0.39 is 0 Å². The van der Waals surface area contributed by atoms with Crippen LogP contribution >= 0.6 is 0 Å². The summed E-state index contributed by atoms with van der Waals surface area (Å²) in [6, 6.07) is 9.89. The molecule has 0 spiro atoms. The van der Waals surface area contributed by atoms with Crippen LogP contribution in [0.15, 0.2) is 30.3 Å². The van der Waals surface area contributed by atoms with Gasteiger partial charge in [-0.25, -0.2) is 4.68 Å². The first-order valence-electron chi connectivity index (χ1n) is 5.71. The van der Waals surface area contributed by atoms with Gasteiger partial charge < -0.3 is 4.74 Å². The summed E-state index contributed by atoms with van der Waals surface area (Å²) in [5.41, 5.74) is 2.14. The molecule has 2 aromatic rings. The molecule has 0 bridgehead atoms. The van der Waals surface area contributed by atoms with Gasteiger partial charge in [-0.2, -0.15) is 0 Å². The van der Waals surface area contributed by atoms with Gasteiger partial charge in [0.05, 0.1) is 18.3 Å². The minimum absolute atomic E-state index is 0.219.